The molecule has 1 aliphatic rings. The lowest BCUT2D eigenvalue weighted by Crippen LogP contribution is -2.39. The lowest BCUT2D eigenvalue weighted by Gasteiger charge is -2.16. The highest BCUT2D eigenvalue weighted by Crippen LogP contribution is 2.21. The largest absolute Gasteiger partial charge is 0.480 e. The summed E-state index contributed by atoms with van der Waals surface area (Å²) < 4.78 is 5.58. The average molecular weight is 265 g/mol. The number of carbonyl (C=O) groups is 2. The minimum absolute atomic E-state index is 0.0964. The van der Waals surface area contributed by atoms with Crippen molar-refractivity contribution in [3.8, 4) is 0 Å². The van der Waals surface area contributed by atoms with Crippen molar-refractivity contribution in [3.63, 3.8) is 0 Å². The Hall–Kier alpha value is -2.08. The fourth-order valence-corrected chi connectivity index (χ4v) is 2.15. The van der Waals surface area contributed by atoms with Crippen LogP contribution in [-0.4, -0.2) is 45.9 Å². The van der Waals surface area contributed by atoms with Crippen LogP contribution in [0, 0.1) is 0 Å². The van der Waals surface area contributed by atoms with Gasteiger partial charge in [0.25, 0.3) is 0 Å². The van der Waals surface area contributed by atoms with Gasteiger partial charge in [-0.3, -0.25) is 4.90 Å². The lowest BCUT2D eigenvalue weighted by molar-refractivity contribution is -0.141. The van der Waals surface area contributed by atoms with Crippen LogP contribution in [0.5, 0.6) is 0 Å². The van der Waals surface area contributed by atoms with Crippen LogP contribution >= 0.6 is 0 Å². The highest BCUT2D eigenvalue weighted by atomic mass is 16.5. The van der Waals surface area contributed by atoms with Gasteiger partial charge in [-0.15, -0.1) is 0 Å². The SMILES string of the molecule is O=C(O)[C@H]1CC(OCc2ccccc2)CN1C(=O)O. The number of ether oxygens (including phenoxy) is 1. The molecule has 0 bridgehead atoms. The normalized spacial score (nSPS) is 22.4. The summed E-state index contributed by atoms with van der Waals surface area (Å²) in [5, 5.41) is 17.9. The molecule has 2 N–H and O–H groups in total. The summed E-state index contributed by atoms with van der Waals surface area (Å²) >= 11 is 0. The monoisotopic (exact) mass is 265 g/mol. The van der Waals surface area contributed by atoms with Gasteiger partial charge in [0.15, 0.2) is 0 Å². The number of aliphatic carboxylic acids is 1. The Labute approximate surface area is 110 Å². The average Bonchev–Trinajstić information content (AvgIpc) is 2.82. The van der Waals surface area contributed by atoms with Crippen molar-refractivity contribution in [3.05, 3.63) is 35.9 Å². The molecule has 6 heteroatoms. The fourth-order valence-electron chi connectivity index (χ4n) is 2.15. The van der Waals surface area contributed by atoms with Crippen LogP contribution in [0.2, 0.25) is 0 Å². The molecule has 1 aromatic rings. The number of hydrogen-bond donors (Lipinski definition) is 2. The quantitative estimate of drug-likeness (QED) is 0.859. The van der Waals surface area contributed by atoms with Gasteiger partial charge in [-0.1, -0.05) is 30.3 Å². The van der Waals surface area contributed by atoms with E-state index in [9.17, 15) is 9.59 Å². The third-order valence-electron chi connectivity index (χ3n) is 3.12. The summed E-state index contributed by atoms with van der Waals surface area (Å²) in [6.45, 7) is 0.449. The van der Waals surface area contributed by atoms with Crippen molar-refractivity contribution in [2.75, 3.05) is 6.54 Å². The van der Waals surface area contributed by atoms with E-state index in [1.54, 1.807) is 0 Å². The van der Waals surface area contributed by atoms with Gasteiger partial charge < -0.3 is 14.9 Å². The minimum Gasteiger partial charge on any atom is -0.480 e. The van der Waals surface area contributed by atoms with E-state index in [4.69, 9.17) is 14.9 Å². The number of hydrogen-bond acceptors (Lipinski definition) is 3. The van der Waals surface area contributed by atoms with Crippen LogP contribution < -0.4 is 0 Å². The zero-order chi connectivity index (χ0) is 13.8. The standard InChI is InChI=1S/C13H15NO5/c15-12(16)11-6-10(7-14(11)13(17)18)19-8-9-4-2-1-3-5-9/h1-5,10-11H,6-8H2,(H,15,16)(H,17,18)/t10?,11-/m1/s1. The molecule has 1 heterocycles. The van der Waals surface area contributed by atoms with Crippen LogP contribution in [0.3, 0.4) is 0 Å². The first-order valence-electron chi connectivity index (χ1n) is 5.96. The Balaban J connectivity index is 1.93. The second-order valence-electron chi connectivity index (χ2n) is 4.44. The van der Waals surface area contributed by atoms with Crippen molar-refractivity contribution in [1.82, 2.24) is 4.90 Å². The van der Waals surface area contributed by atoms with Crippen LogP contribution in [0.25, 0.3) is 0 Å². The summed E-state index contributed by atoms with van der Waals surface area (Å²) in [7, 11) is 0. The van der Waals surface area contributed by atoms with Crippen LogP contribution in [0.15, 0.2) is 30.3 Å². The number of likely N-dealkylation sites (tertiary alicyclic amines) is 1. The molecule has 0 aliphatic carbocycles. The molecule has 19 heavy (non-hydrogen) atoms. The van der Waals surface area contributed by atoms with E-state index in [0.29, 0.717) is 6.61 Å². The maximum absolute atomic E-state index is 11.0. The molecule has 1 amide bonds. The molecule has 0 aromatic heterocycles. The molecule has 102 valence electrons. The van der Waals surface area contributed by atoms with Crippen molar-refractivity contribution < 1.29 is 24.5 Å². The van der Waals surface area contributed by atoms with Gasteiger partial charge in [0.05, 0.1) is 19.3 Å². The zero-order valence-electron chi connectivity index (χ0n) is 10.2. The number of amides is 1. The smallest absolute Gasteiger partial charge is 0.408 e. The van der Waals surface area contributed by atoms with Crippen LogP contribution in [-0.2, 0) is 16.1 Å². The number of nitrogens with zero attached hydrogens (tertiary/aromatic N) is 1. The van der Waals surface area contributed by atoms with Crippen LogP contribution in [0.1, 0.15) is 12.0 Å². The van der Waals surface area contributed by atoms with Crippen molar-refractivity contribution in [1.29, 1.82) is 0 Å². The first-order valence-corrected chi connectivity index (χ1v) is 5.96. The number of benzene rings is 1. The predicted molar refractivity (Wildman–Crippen MR) is 65.8 cm³/mol. The molecular formula is C13H15NO5. The Morgan fingerprint density at radius 3 is 2.47 bits per heavy atom. The number of carboxylic acids is 1. The van der Waals surface area contributed by atoms with E-state index in [-0.39, 0.29) is 19.1 Å². The first-order chi connectivity index (χ1) is 9.08. The maximum atomic E-state index is 11.0. The number of carboxylic acid groups (broad SMARTS) is 2. The van der Waals surface area contributed by atoms with Gasteiger partial charge in [0, 0.05) is 6.42 Å². The summed E-state index contributed by atoms with van der Waals surface area (Å²) in [4.78, 5) is 22.8. The third kappa shape index (κ3) is 3.23. The van der Waals surface area contributed by atoms with Crippen LogP contribution in [0.4, 0.5) is 4.79 Å². The molecule has 2 rings (SSSR count). The molecule has 0 saturated carbocycles. The molecule has 1 fully saturated rings. The number of rotatable bonds is 4. The van der Waals surface area contributed by atoms with Gasteiger partial charge in [0.2, 0.25) is 0 Å². The van der Waals surface area contributed by atoms with E-state index in [0.717, 1.165) is 10.5 Å². The molecule has 1 saturated heterocycles. The summed E-state index contributed by atoms with van der Waals surface area (Å²) in [6, 6.07) is 8.45. The molecule has 0 spiro atoms. The van der Waals surface area contributed by atoms with Gasteiger partial charge in [-0.25, -0.2) is 9.59 Å². The van der Waals surface area contributed by atoms with Gasteiger partial charge in [-0.05, 0) is 5.56 Å². The van der Waals surface area contributed by atoms with Crippen molar-refractivity contribution >= 4 is 12.1 Å². The van der Waals surface area contributed by atoms with Crippen molar-refractivity contribution in [2.24, 2.45) is 0 Å². The van der Waals surface area contributed by atoms with E-state index in [1.807, 2.05) is 30.3 Å². The van der Waals surface area contributed by atoms with Gasteiger partial charge in [0.1, 0.15) is 6.04 Å². The Morgan fingerprint density at radius 2 is 1.95 bits per heavy atom. The molecular weight excluding hydrogens is 250 g/mol. The Morgan fingerprint density at radius 1 is 1.26 bits per heavy atom. The molecule has 1 unspecified atom stereocenters. The maximum Gasteiger partial charge on any atom is 0.408 e. The Kier molecular flexibility index (Phi) is 4.01. The molecule has 1 aromatic carbocycles. The first kappa shape index (κ1) is 13.4. The minimum atomic E-state index is -1.22. The lowest BCUT2D eigenvalue weighted by atomic mass is 10.2. The highest BCUT2D eigenvalue weighted by molar-refractivity contribution is 5.80. The predicted octanol–water partition coefficient (Wildman–Crippen LogP) is 1.41. The summed E-state index contributed by atoms with van der Waals surface area (Å²) in [6.07, 6.45) is -1.41. The summed E-state index contributed by atoms with van der Waals surface area (Å²) in [5.41, 5.74) is 0.975. The van der Waals surface area contributed by atoms with Gasteiger partial charge >= 0.3 is 12.1 Å². The fraction of sp³-hybridized carbons (Fsp3) is 0.385. The van der Waals surface area contributed by atoms with E-state index in [2.05, 4.69) is 0 Å². The second kappa shape index (κ2) is 5.71. The van der Waals surface area contributed by atoms with E-state index < -0.39 is 18.1 Å². The van der Waals surface area contributed by atoms with E-state index in [1.165, 1.54) is 0 Å². The molecule has 6 nitrogen and oxygen atoms in total. The topological polar surface area (TPSA) is 87.1 Å². The van der Waals surface area contributed by atoms with E-state index >= 15 is 0 Å². The highest BCUT2D eigenvalue weighted by Gasteiger charge is 2.40. The Bertz CT molecular complexity index is 439. The van der Waals surface area contributed by atoms with Crippen molar-refractivity contribution in [2.45, 2.75) is 25.2 Å². The molecule has 1 aliphatic heterocycles. The third-order valence-corrected chi connectivity index (χ3v) is 3.12. The second-order valence-corrected chi connectivity index (χ2v) is 4.44. The summed E-state index contributed by atoms with van der Waals surface area (Å²) in [5.74, 6) is -1.13. The van der Waals surface area contributed by atoms with Gasteiger partial charge in [-0.2, -0.15) is 0 Å². The molecule has 2 atom stereocenters. The molecule has 0 radical (unpaired) electrons. The zero-order valence-corrected chi connectivity index (χ0v) is 10.2.